The summed E-state index contributed by atoms with van der Waals surface area (Å²) in [7, 11) is 0. The molecule has 0 aliphatic heterocycles. The molecule has 1 aromatic heterocycles. The first-order chi connectivity index (χ1) is 8.54. The molecule has 0 unspecified atom stereocenters. The predicted octanol–water partition coefficient (Wildman–Crippen LogP) is 2.43. The summed E-state index contributed by atoms with van der Waals surface area (Å²) < 4.78 is 0. The fourth-order valence-corrected chi connectivity index (χ4v) is 2.19. The largest absolute Gasteiger partial charge is 0.383 e. The van der Waals surface area contributed by atoms with Crippen LogP contribution in [0.15, 0.2) is 18.5 Å². The summed E-state index contributed by atoms with van der Waals surface area (Å²) in [6.45, 7) is 6.97. The summed E-state index contributed by atoms with van der Waals surface area (Å²) in [6, 6.07) is 1.76. The Bertz CT molecular complexity index is 438. The van der Waals surface area contributed by atoms with Crippen molar-refractivity contribution < 1.29 is 4.79 Å². The van der Waals surface area contributed by atoms with Crippen LogP contribution < -0.4 is 10.6 Å². The third-order valence-corrected chi connectivity index (χ3v) is 3.47. The van der Waals surface area contributed by atoms with Crippen molar-refractivity contribution >= 4 is 11.6 Å². The zero-order chi connectivity index (χ0) is 13.2. The van der Waals surface area contributed by atoms with Gasteiger partial charge in [-0.3, -0.25) is 9.78 Å². The van der Waals surface area contributed by atoms with Crippen LogP contribution in [0.25, 0.3) is 0 Å². The molecule has 0 radical (unpaired) electrons. The van der Waals surface area contributed by atoms with E-state index in [4.69, 9.17) is 0 Å². The second kappa shape index (κ2) is 4.96. The van der Waals surface area contributed by atoms with Crippen LogP contribution in [-0.2, 0) is 0 Å². The molecule has 2 N–H and O–H groups in total. The number of nitrogens with one attached hydrogen (secondary N) is 2. The van der Waals surface area contributed by atoms with E-state index in [1.807, 2.05) is 6.92 Å². The molecule has 0 atom stereocenters. The van der Waals surface area contributed by atoms with E-state index in [-0.39, 0.29) is 11.4 Å². The van der Waals surface area contributed by atoms with Crippen LogP contribution in [-0.4, -0.2) is 23.0 Å². The fourth-order valence-electron chi connectivity index (χ4n) is 2.19. The molecule has 1 aliphatic carbocycles. The highest BCUT2D eigenvalue weighted by Gasteiger charge is 2.39. The Kier molecular flexibility index (Phi) is 3.55. The molecule has 98 valence electrons. The van der Waals surface area contributed by atoms with E-state index < -0.39 is 0 Å². The normalized spacial score (nSPS) is 15.3. The number of carbonyl (C=O) groups excluding carboxylic acids is 1. The van der Waals surface area contributed by atoms with E-state index in [2.05, 4.69) is 29.5 Å². The van der Waals surface area contributed by atoms with Crippen LogP contribution in [0.4, 0.5) is 5.69 Å². The van der Waals surface area contributed by atoms with Gasteiger partial charge >= 0.3 is 0 Å². The Labute approximate surface area is 108 Å². The molecule has 1 aliphatic rings. The number of hydrogen-bond acceptors (Lipinski definition) is 3. The number of hydrogen-bond donors (Lipinski definition) is 2. The lowest BCUT2D eigenvalue weighted by atomic mass is 9.98. The van der Waals surface area contributed by atoms with Gasteiger partial charge in [-0.25, -0.2) is 0 Å². The molecule has 1 heterocycles. The average Bonchev–Trinajstić information content (AvgIpc) is 3.13. The molecule has 4 heteroatoms. The molecule has 4 nitrogen and oxygen atoms in total. The molecular formula is C14H21N3O. The molecule has 0 aromatic carbocycles. The Morgan fingerprint density at radius 2 is 2.22 bits per heavy atom. The van der Waals surface area contributed by atoms with Crippen molar-refractivity contribution in [1.29, 1.82) is 0 Å². The zero-order valence-electron chi connectivity index (χ0n) is 11.3. The van der Waals surface area contributed by atoms with Crippen molar-refractivity contribution in [2.24, 2.45) is 5.92 Å². The van der Waals surface area contributed by atoms with Crippen LogP contribution in [0.5, 0.6) is 0 Å². The Hall–Kier alpha value is -1.58. The first-order valence-electron chi connectivity index (χ1n) is 6.55. The van der Waals surface area contributed by atoms with Crippen molar-refractivity contribution in [1.82, 2.24) is 10.3 Å². The lowest BCUT2D eigenvalue weighted by Gasteiger charge is -2.26. The van der Waals surface area contributed by atoms with E-state index in [0.29, 0.717) is 11.5 Å². The van der Waals surface area contributed by atoms with Crippen LogP contribution >= 0.6 is 0 Å². The third kappa shape index (κ3) is 2.81. The summed E-state index contributed by atoms with van der Waals surface area (Å²) >= 11 is 0. The van der Waals surface area contributed by atoms with Crippen molar-refractivity contribution in [3.05, 3.63) is 24.0 Å². The minimum Gasteiger partial charge on any atom is -0.383 e. The first-order valence-corrected chi connectivity index (χ1v) is 6.55. The number of pyridine rings is 1. The highest BCUT2D eigenvalue weighted by molar-refractivity contribution is 5.99. The van der Waals surface area contributed by atoms with Gasteiger partial charge in [0, 0.05) is 18.3 Å². The van der Waals surface area contributed by atoms with Crippen molar-refractivity contribution in [2.45, 2.75) is 39.2 Å². The van der Waals surface area contributed by atoms with Gasteiger partial charge in [0.2, 0.25) is 0 Å². The number of carbonyl (C=O) groups is 1. The highest BCUT2D eigenvalue weighted by Crippen LogP contribution is 2.39. The standard InChI is InChI=1S/C14H21N3O/c1-4-16-12-9-15-8-7-11(12)13(18)17-14(2,3)10-5-6-10/h7-10,16H,4-6H2,1-3H3,(H,17,18). The molecular weight excluding hydrogens is 226 g/mol. The van der Waals surface area contributed by atoms with E-state index >= 15 is 0 Å². The van der Waals surface area contributed by atoms with Gasteiger partial charge in [-0.15, -0.1) is 0 Å². The van der Waals surface area contributed by atoms with Crippen molar-refractivity contribution in [3.8, 4) is 0 Å². The summed E-state index contributed by atoms with van der Waals surface area (Å²) in [5, 5.41) is 6.29. The number of nitrogens with zero attached hydrogens (tertiary/aromatic N) is 1. The maximum Gasteiger partial charge on any atom is 0.253 e. The number of amides is 1. The smallest absolute Gasteiger partial charge is 0.253 e. The second-order valence-corrected chi connectivity index (χ2v) is 5.40. The molecule has 18 heavy (non-hydrogen) atoms. The SMILES string of the molecule is CCNc1cnccc1C(=O)NC(C)(C)C1CC1. The van der Waals surface area contributed by atoms with Gasteiger partial charge in [-0.2, -0.15) is 0 Å². The summed E-state index contributed by atoms with van der Waals surface area (Å²) in [4.78, 5) is 16.4. The average molecular weight is 247 g/mol. The summed E-state index contributed by atoms with van der Waals surface area (Å²) in [6.07, 6.45) is 5.77. The molecule has 1 saturated carbocycles. The van der Waals surface area contributed by atoms with Gasteiger partial charge in [-0.05, 0) is 45.6 Å². The second-order valence-electron chi connectivity index (χ2n) is 5.40. The van der Waals surface area contributed by atoms with Crippen LogP contribution in [0, 0.1) is 5.92 Å². The molecule has 1 amide bonds. The monoisotopic (exact) mass is 247 g/mol. The van der Waals surface area contributed by atoms with Gasteiger partial charge < -0.3 is 10.6 Å². The van der Waals surface area contributed by atoms with E-state index in [0.717, 1.165) is 12.2 Å². The highest BCUT2D eigenvalue weighted by atomic mass is 16.1. The van der Waals surface area contributed by atoms with Crippen molar-refractivity contribution in [3.63, 3.8) is 0 Å². The van der Waals surface area contributed by atoms with E-state index in [9.17, 15) is 4.79 Å². The van der Waals surface area contributed by atoms with Gasteiger partial charge in [0.1, 0.15) is 0 Å². The molecule has 2 rings (SSSR count). The molecule has 1 fully saturated rings. The molecule has 0 saturated heterocycles. The van der Waals surface area contributed by atoms with Gasteiger partial charge in [0.15, 0.2) is 0 Å². The lowest BCUT2D eigenvalue weighted by molar-refractivity contribution is 0.0904. The Balaban J connectivity index is 2.13. The lowest BCUT2D eigenvalue weighted by Crippen LogP contribution is -2.45. The molecule has 1 aromatic rings. The topological polar surface area (TPSA) is 54.0 Å². The number of aromatic nitrogens is 1. The van der Waals surface area contributed by atoms with E-state index in [1.165, 1.54) is 12.8 Å². The van der Waals surface area contributed by atoms with Crippen LogP contribution in [0.3, 0.4) is 0 Å². The van der Waals surface area contributed by atoms with Crippen LogP contribution in [0.1, 0.15) is 44.0 Å². The first kappa shape index (κ1) is 12.9. The number of anilines is 1. The maximum absolute atomic E-state index is 12.3. The molecule has 0 bridgehead atoms. The minimum absolute atomic E-state index is 0.0229. The third-order valence-electron chi connectivity index (χ3n) is 3.47. The minimum atomic E-state index is -0.121. The van der Waals surface area contributed by atoms with E-state index in [1.54, 1.807) is 18.5 Å². The Morgan fingerprint density at radius 1 is 1.50 bits per heavy atom. The number of rotatable bonds is 5. The summed E-state index contributed by atoms with van der Waals surface area (Å²) in [5.74, 6) is 0.594. The Morgan fingerprint density at radius 3 is 2.83 bits per heavy atom. The fraction of sp³-hybridized carbons (Fsp3) is 0.571. The van der Waals surface area contributed by atoms with Gasteiger partial charge in [0.05, 0.1) is 17.4 Å². The van der Waals surface area contributed by atoms with Crippen LogP contribution in [0.2, 0.25) is 0 Å². The van der Waals surface area contributed by atoms with Gasteiger partial charge in [0.25, 0.3) is 5.91 Å². The predicted molar refractivity (Wildman–Crippen MR) is 72.7 cm³/mol. The molecule has 0 spiro atoms. The summed E-state index contributed by atoms with van der Waals surface area (Å²) in [5.41, 5.74) is 1.34. The maximum atomic E-state index is 12.3. The van der Waals surface area contributed by atoms with Crippen molar-refractivity contribution in [2.75, 3.05) is 11.9 Å². The van der Waals surface area contributed by atoms with Gasteiger partial charge in [-0.1, -0.05) is 0 Å². The zero-order valence-corrected chi connectivity index (χ0v) is 11.3. The quantitative estimate of drug-likeness (QED) is 0.840.